The van der Waals surface area contributed by atoms with Crippen LogP contribution in [0.1, 0.15) is 24.8 Å². The molecule has 0 bridgehead atoms. The van der Waals surface area contributed by atoms with Crippen molar-refractivity contribution in [3.8, 4) is 0 Å². The van der Waals surface area contributed by atoms with Gasteiger partial charge >= 0.3 is 0 Å². The average Bonchev–Trinajstić information content (AvgIpc) is 2.32. The summed E-state index contributed by atoms with van der Waals surface area (Å²) in [5.74, 6) is -0.436. The smallest absolute Gasteiger partial charge is 0.142 e. The largest absolute Gasteiger partial charge is 0.398 e. The number of aliphatic hydroxyl groups is 1. The van der Waals surface area contributed by atoms with E-state index in [2.05, 4.69) is 4.90 Å². The number of nitrogens with two attached hydrogens (primary N) is 1. The zero-order chi connectivity index (χ0) is 13.5. The van der Waals surface area contributed by atoms with Crippen LogP contribution in [0.15, 0.2) is 12.1 Å². The maximum atomic E-state index is 13.3. The van der Waals surface area contributed by atoms with E-state index < -0.39 is 5.82 Å². The van der Waals surface area contributed by atoms with Gasteiger partial charge in [-0.05, 0) is 50.6 Å². The quantitative estimate of drug-likeness (QED) is 0.594. The molecule has 0 spiro atoms. The summed E-state index contributed by atoms with van der Waals surface area (Å²) in [6.07, 6.45) is 2.82. The second-order valence-electron chi connectivity index (χ2n) is 4.49. The van der Waals surface area contributed by atoms with Crippen LogP contribution in [0.2, 0.25) is 5.02 Å². The van der Waals surface area contributed by atoms with Gasteiger partial charge in [0.25, 0.3) is 0 Å². The highest BCUT2D eigenvalue weighted by Crippen LogP contribution is 2.23. The predicted octanol–water partition coefficient (Wildman–Crippen LogP) is 2.66. The number of aliphatic hydroxyl groups excluding tert-OH is 1. The number of benzene rings is 1. The van der Waals surface area contributed by atoms with E-state index >= 15 is 0 Å². The van der Waals surface area contributed by atoms with Gasteiger partial charge < -0.3 is 15.7 Å². The molecule has 3 nitrogen and oxygen atoms in total. The van der Waals surface area contributed by atoms with Crippen LogP contribution < -0.4 is 5.73 Å². The fraction of sp³-hybridized carbons (Fsp3) is 0.538. The monoisotopic (exact) mass is 274 g/mol. The van der Waals surface area contributed by atoms with Crippen molar-refractivity contribution in [3.05, 3.63) is 28.5 Å². The third kappa shape index (κ3) is 4.80. The van der Waals surface area contributed by atoms with Crippen LogP contribution in [0.4, 0.5) is 10.1 Å². The molecule has 0 radical (unpaired) electrons. The van der Waals surface area contributed by atoms with Crippen molar-refractivity contribution >= 4 is 17.3 Å². The average molecular weight is 275 g/mol. The first-order valence-electron chi connectivity index (χ1n) is 6.07. The van der Waals surface area contributed by atoms with E-state index in [0.717, 1.165) is 31.4 Å². The Morgan fingerprint density at radius 2 is 2.06 bits per heavy atom. The molecule has 0 heterocycles. The summed E-state index contributed by atoms with van der Waals surface area (Å²) >= 11 is 5.65. The normalized spacial score (nSPS) is 11.2. The van der Waals surface area contributed by atoms with E-state index in [1.54, 1.807) is 0 Å². The molecule has 102 valence electrons. The van der Waals surface area contributed by atoms with Crippen LogP contribution in [0.3, 0.4) is 0 Å². The van der Waals surface area contributed by atoms with Crippen molar-refractivity contribution in [2.75, 3.05) is 25.9 Å². The van der Waals surface area contributed by atoms with Gasteiger partial charge in [-0.1, -0.05) is 11.6 Å². The Bertz CT molecular complexity index is 387. The second kappa shape index (κ2) is 7.56. The number of nitrogens with zero attached hydrogens (tertiary/aromatic N) is 1. The minimum atomic E-state index is -0.436. The van der Waals surface area contributed by atoms with Crippen molar-refractivity contribution in [2.45, 2.75) is 25.8 Å². The molecule has 0 saturated carbocycles. The van der Waals surface area contributed by atoms with E-state index in [1.165, 1.54) is 12.1 Å². The van der Waals surface area contributed by atoms with Crippen LogP contribution in [-0.4, -0.2) is 30.2 Å². The molecule has 0 aliphatic rings. The number of nitrogen functional groups attached to an aromatic ring is 1. The van der Waals surface area contributed by atoms with Gasteiger partial charge in [0, 0.05) is 18.8 Å². The lowest BCUT2D eigenvalue weighted by Crippen LogP contribution is -2.20. The summed E-state index contributed by atoms with van der Waals surface area (Å²) in [5.41, 5.74) is 7.07. The van der Waals surface area contributed by atoms with Crippen LogP contribution in [0.25, 0.3) is 0 Å². The van der Waals surface area contributed by atoms with E-state index in [9.17, 15) is 4.39 Å². The van der Waals surface area contributed by atoms with E-state index in [0.29, 0.717) is 12.2 Å². The SMILES string of the molecule is CN(CCCCCO)Cc1cc(F)c(Cl)cc1N. The molecule has 0 amide bonds. The molecule has 18 heavy (non-hydrogen) atoms. The lowest BCUT2D eigenvalue weighted by Gasteiger charge is -2.18. The standard InChI is InChI=1S/C13H20ClFN2O/c1-17(5-3-2-4-6-18)9-10-7-12(15)11(14)8-13(10)16/h7-8,18H,2-6,9,16H2,1H3. The molecular formula is C13H20ClFN2O. The fourth-order valence-corrected chi connectivity index (χ4v) is 1.95. The zero-order valence-corrected chi connectivity index (χ0v) is 11.4. The van der Waals surface area contributed by atoms with Gasteiger partial charge in [-0.15, -0.1) is 0 Å². The number of rotatable bonds is 7. The van der Waals surface area contributed by atoms with Gasteiger partial charge in [-0.25, -0.2) is 4.39 Å². The minimum Gasteiger partial charge on any atom is -0.398 e. The third-order valence-corrected chi connectivity index (χ3v) is 3.11. The Hall–Kier alpha value is -0.840. The number of unbranched alkanes of at least 4 members (excludes halogenated alkanes) is 2. The topological polar surface area (TPSA) is 49.5 Å². The number of anilines is 1. The molecule has 5 heteroatoms. The fourth-order valence-electron chi connectivity index (χ4n) is 1.78. The highest BCUT2D eigenvalue weighted by molar-refractivity contribution is 6.31. The summed E-state index contributed by atoms with van der Waals surface area (Å²) in [7, 11) is 1.96. The van der Waals surface area contributed by atoms with Crippen LogP contribution in [-0.2, 0) is 6.54 Å². The Balaban J connectivity index is 2.48. The maximum absolute atomic E-state index is 13.3. The number of hydrogen-bond donors (Lipinski definition) is 2. The molecule has 1 aromatic rings. The molecule has 0 saturated heterocycles. The van der Waals surface area contributed by atoms with Crippen molar-refractivity contribution in [2.24, 2.45) is 0 Å². The summed E-state index contributed by atoms with van der Waals surface area (Å²) in [6, 6.07) is 2.84. The molecule has 0 aromatic heterocycles. The number of halogens is 2. The molecule has 0 aliphatic carbocycles. The summed E-state index contributed by atoms with van der Waals surface area (Å²) in [4.78, 5) is 2.08. The Labute approximate surface area is 112 Å². The first-order valence-corrected chi connectivity index (χ1v) is 6.45. The molecule has 3 N–H and O–H groups in total. The van der Waals surface area contributed by atoms with Crippen LogP contribution in [0.5, 0.6) is 0 Å². The van der Waals surface area contributed by atoms with Gasteiger partial charge in [0.1, 0.15) is 5.82 Å². The van der Waals surface area contributed by atoms with Crippen molar-refractivity contribution in [1.29, 1.82) is 0 Å². The van der Waals surface area contributed by atoms with Crippen LogP contribution in [0, 0.1) is 5.82 Å². The lowest BCUT2D eigenvalue weighted by molar-refractivity contribution is 0.271. The lowest BCUT2D eigenvalue weighted by atomic mass is 10.1. The minimum absolute atomic E-state index is 0.0573. The molecular weight excluding hydrogens is 255 g/mol. The van der Waals surface area contributed by atoms with Gasteiger partial charge in [-0.2, -0.15) is 0 Å². The summed E-state index contributed by atoms with van der Waals surface area (Å²) in [5, 5.41) is 8.73. The molecule has 0 fully saturated rings. The van der Waals surface area contributed by atoms with Crippen molar-refractivity contribution < 1.29 is 9.50 Å². The van der Waals surface area contributed by atoms with Gasteiger partial charge in [0.15, 0.2) is 0 Å². The third-order valence-electron chi connectivity index (χ3n) is 2.82. The van der Waals surface area contributed by atoms with E-state index in [1.807, 2.05) is 7.05 Å². The number of hydrogen-bond acceptors (Lipinski definition) is 3. The Morgan fingerprint density at radius 3 is 2.72 bits per heavy atom. The van der Waals surface area contributed by atoms with Crippen molar-refractivity contribution in [3.63, 3.8) is 0 Å². The van der Waals surface area contributed by atoms with Crippen LogP contribution >= 0.6 is 11.6 Å². The predicted molar refractivity (Wildman–Crippen MR) is 73.1 cm³/mol. The summed E-state index contributed by atoms with van der Waals surface area (Å²) < 4.78 is 13.3. The Morgan fingerprint density at radius 1 is 1.33 bits per heavy atom. The first-order chi connectivity index (χ1) is 8.54. The molecule has 0 atom stereocenters. The zero-order valence-electron chi connectivity index (χ0n) is 10.6. The Kier molecular flexibility index (Phi) is 6.39. The van der Waals surface area contributed by atoms with Gasteiger partial charge in [0.2, 0.25) is 0 Å². The first kappa shape index (κ1) is 15.2. The maximum Gasteiger partial charge on any atom is 0.142 e. The van der Waals surface area contributed by atoms with Gasteiger partial charge in [0.05, 0.1) is 5.02 Å². The molecule has 1 rings (SSSR count). The second-order valence-corrected chi connectivity index (χ2v) is 4.89. The highest BCUT2D eigenvalue weighted by atomic mass is 35.5. The molecule has 0 unspecified atom stereocenters. The molecule has 1 aromatic carbocycles. The van der Waals surface area contributed by atoms with Crippen molar-refractivity contribution in [1.82, 2.24) is 4.90 Å². The van der Waals surface area contributed by atoms with E-state index in [-0.39, 0.29) is 11.6 Å². The molecule has 0 aliphatic heterocycles. The van der Waals surface area contributed by atoms with E-state index in [4.69, 9.17) is 22.4 Å². The summed E-state index contributed by atoms with van der Waals surface area (Å²) in [6.45, 7) is 1.72. The highest BCUT2D eigenvalue weighted by Gasteiger charge is 2.08. The van der Waals surface area contributed by atoms with Gasteiger partial charge in [-0.3, -0.25) is 0 Å².